The molecule has 0 radical (unpaired) electrons. The Hall–Kier alpha value is -1.62. The maximum atomic E-state index is 11.8. The van der Waals surface area contributed by atoms with Gasteiger partial charge in [0.1, 0.15) is 5.70 Å². The standard InChI is InChI=1S/C14H16BrNO3/c1-14(2,3)12(17)8-11(13(18)19)16-10-6-4-5-9(15)7-10/h4-8,16H,1-3H3,(H,18,19)/b11-8-. The molecule has 0 saturated carbocycles. The number of aliphatic carboxylic acids is 1. The second kappa shape index (κ2) is 6.02. The Balaban J connectivity index is 3.00. The number of allylic oxidation sites excluding steroid dienone is 1. The van der Waals surface area contributed by atoms with Crippen molar-refractivity contribution in [1.29, 1.82) is 0 Å². The summed E-state index contributed by atoms with van der Waals surface area (Å²) < 4.78 is 0.824. The van der Waals surface area contributed by atoms with Crippen LogP contribution in [-0.2, 0) is 9.59 Å². The summed E-state index contributed by atoms with van der Waals surface area (Å²) in [5, 5.41) is 11.9. The number of carboxylic acid groups (broad SMARTS) is 1. The molecule has 0 aliphatic heterocycles. The molecule has 19 heavy (non-hydrogen) atoms. The zero-order valence-electron chi connectivity index (χ0n) is 11.0. The third kappa shape index (κ3) is 4.87. The lowest BCUT2D eigenvalue weighted by Gasteiger charge is -2.15. The van der Waals surface area contributed by atoms with Crippen LogP contribution in [0.25, 0.3) is 0 Å². The van der Waals surface area contributed by atoms with Gasteiger partial charge in [0.25, 0.3) is 0 Å². The zero-order chi connectivity index (χ0) is 14.6. The Bertz CT molecular complexity index is 530. The van der Waals surface area contributed by atoms with Gasteiger partial charge >= 0.3 is 5.97 Å². The molecule has 0 aliphatic rings. The second-order valence-corrected chi connectivity index (χ2v) is 6.03. The van der Waals surface area contributed by atoms with Crippen LogP contribution in [0.4, 0.5) is 5.69 Å². The normalized spacial score (nSPS) is 12.1. The van der Waals surface area contributed by atoms with Gasteiger partial charge in [-0.15, -0.1) is 0 Å². The second-order valence-electron chi connectivity index (χ2n) is 5.11. The van der Waals surface area contributed by atoms with Gasteiger partial charge in [0, 0.05) is 21.7 Å². The number of hydrogen-bond acceptors (Lipinski definition) is 3. The number of halogens is 1. The van der Waals surface area contributed by atoms with Gasteiger partial charge in [-0.2, -0.15) is 0 Å². The maximum absolute atomic E-state index is 11.8. The molecular formula is C14H16BrNO3. The molecule has 0 aliphatic carbocycles. The van der Waals surface area contributed by atoms with E-state index >= 15 is 0 Å². The molecule has 1 aromatic carbocycles. The van der Waals surface area contributed by atoms with Crippen LogP contribution < -0.4 is 5.32 Å². The Morgan fingerprint density at radius 3 is 2.42 bits per heavy atom. The average Bonchev–Trinajstić information content (AvgIpc) is 2.26. The number of anilines is 1. The van der Waals surface area contributed by atoms with Crippen LogP contribution in [0.1, 0.15) is 20.8 Å². The molecule has 4 nitrogen and oxygen atoms in total. The first-order chi connectivity index (χ1) is 8.70. The van der Waals surface area contributed by atoms with Crippen LogP contribution in [0.5, 0.6) is 0 Å². The molecule has 0 aromatic heterocycles. The highest BCUT2D eigenvalue weighted by Crippen LogP contribution is 2.19. The van der Waals surface area contributed by atoms with E-state index in [1.54, 1.807) is 39.0 Å². The first-order valence-corrected chi connectivity index (χ1v) is 6.51. The number of benzene rings is 1. The minimum absolute atomic E-state index is 0.141. The lowest BCUT2D eigenvalue weighted by atomic mass is 9.90. The van der Waals surface area contributed by atoms with Gasteiger partial charge in [0.15, 0.2) is 5.78 Å². The highest BCUT2D eigenvalue weighted by atomic mass is 79.9. The number of carboxylic acids is 1. The summed E-state index contributed by atoms with van der Waals surface area (Å²) in [5.41, 5.74) is -0.151. The molecular weight excluding hydrogens is 310 g/mol. The molecule has 0 unspecified atom stereocenters. The van der Waals surface area contributed by atoms with Gasteiger partial charge in [-0.1, -0.05) is 42.8 Å². The van der Waals surface area contributed by atoms with Crippen LogP contribution in [0.15, 0.2) is 40.5 Å². The molecule has 0 heterocycles. The molecule has 0 fully saturated rings. The van der Waals surface area contributed by atoms with Crippen LogP contribution >= 0.6 is 15.9 Å². The third-order valence-electron chi connectivity index (χ3n) is 2.35. The van der Waals surface area contributed by atoms with Gasteiger partial charge < -0.3 is 10.4 Å². The van der Waals surface area contributed by atoms with Crippen LogP contribution in [0, 0.1) is 5.41 Å². The van der Waals surface area contributed by atoms with E-state index in [-0.39, 0.29) is 11.5 Å². The Morgan fingerprint density at radius 2 is 1.95 bits per heavy atom. The fourth-order valence-corrected chi connectivity index (χ4v) is 1.62. The molecule has 0 amide bonds. The maximum Gasteiger partial charge on any atom is 0.352 e. The first-order valence-electron chi connectivity index (χ1n) is 5.72. The zero-order valence-corrected chi connectivity index (χ0v) is 12.6. The number of carbonyl (C=O) groups excluding carboxylic acids is 1. The topological polar surface area (TPSA) is 66.4 Å². The molecule has 0 spiro atoms. The summed E-state index contributed by atoms with van der Waals surface area (Å²) >= 11 is 3.30. The number of ketones is 1. The fraction of sp³-hybridized carbons (Fsp3) is 0.286. The molecule has 0 atom stereocenters. The SMILES string of the molecule is CC(C)(C)C(=O)/C=C(\Nc1cccc(Br)c1)C(=O)O. The van der Waals surface area contributed by atoms with E-state index in [4.69, 9.17) is 5.11 Å². The van der Waals surface area contributed by atoms with E-state index < -0.39 is 11.4 Å². The predicted octanol–water partition coefficient (Wildman–Crippen LogP) is 3.44. The van der Waals surface area contributed by atoms with Gasteiger partial charge in [0.2, 0.25) is 0 Å². The molecule has 2 N–H and O–H groups in total. The van der Waals surface area contributed by atoms with Gasteiger partial charge in [-0.3, -0.25) is 4.79 Å². The number of hydrogen-bond donors (Lipinski definition) is 2. The Labute approximate surface area is 120 Å². The quantitative estimate of drug-likeness (QED) is 0.832. The van der Waals surface area contributed by atoms with Crippen molar-refractivity contribution >= 4 is 33.4 Å². The minimum Gasteiger partial charge on any atom is -0.477 e. The van der Waals surface area contributed by atoms with Gasteiger partial charge in [0.05, 0.1) is 0 Å². The van der Waals surface area contributed by atoms with Gasteiger partial charge in [-0.05, 0) is 18.2 Å². The summed E-state index contributed by atoms with van der Waals surface area (Å²) in [6.07, 6.45) is 1.13. The monoisotopic (exact) mass is 325 g/mol. The number of carbonyl (C=O) groups is 2. The molecule has 0 bridgehead atoms. The van der Waals surface area contributed by atoms with E-state index in [2.05, 4.69) is 21.2 Å². The molecule has 1 rings (SSSR count). The lowest BCUT2D eigenvalue weighted by molar-refractivity contribution is -0.133. The third-order valence-corrected chi connectivity index (χ3v) is 2.84. The molecule has 102 valence electrons. The van der Waals surface area contributed by atoms with E-state index in [0.717, 1.165) is 10.5 Å². The summed E-state index contributed by atoms with van der Waals surface area (Å²) in [4.78, 5) is 23.0. The predicted molar refractivity (Wildman–Crippen MR) is 77.9 cm³/mol. The van der Waals surface area contributed by atoms with Crippen molar-refractivity contribution in [3.8, 4) is 0 Å². The molecule has 0 saturated heterocycles. The van der Waals surface area contributed by atoms with E-state index in [1.165, 1.54) is 0 Å². The van der Waals surface area contributed by atoms with Crippen LogP contribution in [0.2, 0.25) is 0 Å². The fourth-order valence-electron chi connectivity index (χ4n) is 1.22. The van der Waals surface area contributed by atoms with Crippen molar-refractivity contribution in [3.63, 3.8) is 0 Å². The van der Waals surface area contributed by atoms with E-state index in [9.17, 15) is 9.59 Å². The van der Waals surface area contributed by atoms with Crippen molar-refractivity contribution in [1.82, 2.24) is 0 Å². The van der Waals surface area contributed by atoms with Crippen molar-refractivity contribution in [2.45, 2.75) is 20.8 Å². The summed E-state index contributed by atoms with van der Waals surface area (Å²) in [6, 6.07) is 7.06. The summed E-state index contributed by atoms with van der Waals surface area (Å²) in [6.45, 7) is 5.22. The van der Waals surface area contributed by atoms with E-state index in [0.29, 0.717) is 5.69 Å². The van der Waals surface area contributed by atoms with E-state index in [1.807, 2.05) is 6.07 Å². The van der Waals surface area contributed by atoms with Gasteiger partial charge in [-0.25, -0.2) is 4.79 Å². The molecule has 5 heteroatoms. The van der Waals surface area contributed by atoms with Crippen molar-refractivity contribution < 1.29 is 14.7 Å². The smallest absolute Gasteiger partial charge is 0.352 e. The summed E-state index contributed by atoms with van der Waals surface area (Å²) in [7, 11) is 0. The number of nitrogens with one attached hydrogen (secondary N) is 1. The van der Waals surface area contributed by atoms with Crippen molar-refractivity contribution in [2.24, 2.45) is 5.41 Å². The average molecular weight is 326 g/mol. The number of rotatable bonds is 4. The van der Waals surface area contributed by atoms with Crippen molar-refractivity contribution in [3.05, 3.63) is 40.5 Å². The Kier molecular flexibility index (Phi) is 4.89. The largest absolute Gasteiger partial charge is 0.477 e. The highest BCUT2D eigenvalue weighted by molar-refractivity contribution is 9.10. The lowest BCUT2D eigenvalue weighted by Crippen LogP contribution is -2.21. The van der Waals surface area contributed by atoms with Crippen molar-refractivity contribution in [2.75, 3.05) is 5.32 Å². The summed E-state index contributed by atoms with van der Waals surface area (Å²) in [5.74, 6) is -1.41. The first kappa shape index (κ1) is 15.4. The van der Waals surface area contributed by atoms with Crippen LogP contribution in [-0.4, -0.2) is 16.9 Å². The van der Waals surface area contributed by atoms with Crippen LogP contribution in [0.3, 0.4) is 0 Å². The molecule has 1 aromatic rings. The highest BCUT2D eigenvalue weighted by Gasteiger charge is 2.21. The Morgan fingerprint density at radius 1 is 1.32 bits per heavy atom. The minimum atomic E-state index is -1.17.